The predicted octanol–water partition coefficient (Wildman–Crippen LogP) is 6.53. The second-order valence-electron chi connectivity index (χ2n) is 12.7. The topological polar surface area (TPSA) is 179 Å². The van der Waals surface area contributed by atoms with Crippen molar-refractivity contribution in [3.63, 3.8) is 0 Å². The summed E-state index contributed by atoms with van der Waals surface area (Å²) in [6.45, 7) is 14.9. The lowest BCUT2D eigenvalue weighted by atomic mass is 9.79. The number of carbonyl (C=O) groups excluding carboxylic acids is 3. The molecule has 0 fully saturated rings. The van der Waals surface area contributed by atoms with Crippen molar-refractivity contribution in [2.45, 2.75) is 92.5 Å². The third-order valence-corrected chi connectivity index (χ3v) is 8.06. The molecule has 15 nitrogen and oxygen atoms in total. The minimum absolute atomic E-state index is 0.00293. The Morgan fingerprint density at radius 3 is 1.98 bits per heavy atom. The lowest BCUT2D eigenvalue weighted by molar-refractivity contribution is -0.384. The molecule has 0 N–H and O–H groups in total. The van der Waals surface area contributed by atoms with Crippen LogP contribution in [0, 0.1) is 10.1 Å². The summed E-state index contributed by atoms with van der Waals surface area (Å²) in [6, 6.07) is 5.40. The van der Waals surface area contributed by atoms with Gasteiger partial charge in [0.25, 0.3) is 5.69 Å². The quantitative estimate of drug-likeness (QED) is 0.0417. The third kappa shape index (κ3) is 11.2. The molecule has 1 unspecified atom stereocenters. The number of methoxy groups -OCH3 is 1. The van der Waals surface area contributed by atoms with Gasteiger partial charge in [0, 0.05) is 30.6 Å². The summed E-state index contributed by atoms with van der Waals surface area (Å²) in [5.41, 5.74) is -2.36. The highest BCUT2D eigenvalue weighted by molar-refractivity contribution is 7.48. The first-order chi connectivity index (χ1) is 21.6. The molecule has 262 valence electrons. The fourth-order valence-corrected chi connectivity index (χ4v) is 6.20. The Morgan fingerprint density at radius 1 is 0.936 bits per heavy atom. The van der Waals surface area contributed by atoms with Crippen LogP contribution in [0.1, 0.15) is 80.7 Å². The van der Waals surface area contributed by atoms with Crippen LogP contribution in [0.5, 0.6) is 0 Å². The molecular formula is C31H45N2O13P. The molecule has 1 heterocycles. The molecule has 1 aliphatic rings. The van der Waals surface area contributed by atoms with Gasteiger partial charge in [-0.25, -0.2) is 23.5 Å². The molecular weight excluding hydrogens is 639 g/mol. The zero-order chi connectivity index (χ0) is 35.9. The number of nitro benzene ring substituents is 1. The van der Waals surface area contributed by atoms with Crippen molar-refractivity contribution in [3.8, 4) is 0 Å². The van der Waals surface area contributed by atoms with Gasteiger partial charge in [-0.3, -0.25) is 24.1 Å². The Balaban J connectivity index is 2.67. The number of amides is 1. The number of hydrogen-bond acceptors (Lipinski definition) is 13. The van der Waals surface area contributed by atoms with E-state index in [0.717, 1.165) is 4.90 Å². The van der Waals surface area contributed by atoms with Gasteiger partial charge < -0.3 is 18.9 Å². The van der Waals surface area contributed by atoms with Gasteiger partial charge >= 0.3 is 25.9 Å². The van der Waals surface area contributed by atoms with Gasteiger partial charge in [0.1, 0.15) is 6.61 Å². The molecule has 1 aromatic rings. The molecule has 1 aliphatic heterocycles. The maximum atomic E-state index is 13.7. The van der Waals surface area contributed by atoms with Gasteiger partial charge in [-0.05, 0) is 74.8 Å². The van der Waals surface area contributed by atoms with Gasteiger partial charge in [-0.15, -0.1) is 0 Å². The van der Waals surface area contributed by atoms with Crippen molar-refractivity contribution in [1.29, 1.82) is 0 Å². The number of nitro groups is 1. The largest absolute Gasteiger partial charge is 0.478 e. The standard InChI is InChI=1S/C31H45N2O13P/c1-19(2)44-28(35)25-21(4)32(29(36)42-18-43-47(39,45-30(5,6)7)46-31(8,9)10)20(3)24(27(34)41-16-15-40-11)26(25)22-13-12-14-23(17-22)33(37)38/h12-14,17,19,26H,15-16,18H2,1-11H3. The zero-order valence-corrected chi connectivity index (χ0v) is 29.6. The van der Waals surface area contributed by atoms with E-state index >= 15 is 0 Å². The van der Waals surface area contributed by atoms with E-state index in [2.05, 4.69) is 0 Å². The highest BCUT2D eigenvalue weighted by atomic mass is 31.2. The fourth-order valence-electron chi connectivity index (χ4n) is 4.53. The van der Waals surface area contributed by atoms with Gasteiger partial charge in [0.2, 0.25) is 6.79 Å². The van der Waals surface area contributed by atoms with Crippen LogP contribution in [0.4, 0.5) is 10.5 Å². The molecule has 0 saturated heterocycles. The SMILES string of the molecule is COCCOC(=O)C1=C(C)N(C(=O)OCOP(=O)(OC(C)(C)C)OC(C)(C)C)C(C)=C(C(=O)OC(C)C)C1c1cccc([N+](=O)[O-])c1. The van der Waals surface area contributed by atoms with Crippen molar-refractivity contribution in [2.24, 2.45) is 0 Å². The van der Waals surface area contributed by atoms with Gasteiger partial charge in [-0.1, -0.05) is 12.1 Å². The minimum Gasteiger partial charge on any atom is -0.460 e. The summed E-state index contributed by atoms with van der Waals surface area (Å²) < 4.78 is 51.1. The van der Waals surface area contributed by atoms with E-state index in [-0.39, 0.29) is 47.0 Å². The third-order valence-electron chi connectivity index (χ3n) is 6.09. The fraction of sp³-hybridized carbons (Fsp3) is 0.581. The Morgan fingerprint density at radius 2 is 1.49 bits per heavy atom. The molecule has 0 spiro atoms. The summed E-state index contributed by atoms with van der Waals surface area (Å²) in [4.78, 5) is 52.9. The summed E-state index contributed by atoms with van der Waals surface area (Å²) >= 11 is 0. The van der Waals surface area contributed by atoms with E-state index in [9.17, 15) is 29.1 Å². The first-order valence-corrected chi connectivity index (χ1v) is 16.2. The van der Waals surface area contributed by atoms with Crippen LogP contribution in [0.25, 0.3) is 0 Å². The highest BCUT2D eigenvalue weighted by Crippen LogP contribution is 2.55. The number of allylic oxidation sites excluding steroid dienone is 2. The maximum Gasteiger partial charge on any atom is 0.478 e. The van der Waals surface area contributed by atoms with Gasteiger partial charge in [0.05, 0.1) is 45.9 Å². The molecule has 0 radical (unpaired) electrons. The van der Waals surface area contributed by atoms with Crippen molar-refractivity contribution >= 4 is 31.5 Å². The van der Waals surface area contributed by atoms with Crippen LogP contribution in [-0.4, -0.2) is 72.3 Å². The second kappa shape index (κ2) is 16.0. The summed E-state index contributed by atoms with van der Waals surface area (Å²) in [6.07, 6.45) is -1.72. The molecule has 47 heavy (non-hydrogen) atoms. The number of rotatable bonds is 13. The number of ether oxygens (including phenoxy) is 4. The Labute approximate surface area is 274 Å². The lowest BCUT2D eigenvalue weighted by Gasteiger charge is -2.36. The Kier molecular flexibility index (Phi) is 13.5. The number of nitrogens with zero attached hydrogens (tertiary/aromatic N) is 2. The minimum atomic E-state index is -4.27. The van der Waals surface area contributed by atoms with E-state index in [0.29, 0.717) is 0 Å². The molecule has 1 aromatic carbocycles. The number of esters is 2. The number of hydrogen-bond donors (Lipinski definition) is 0. The molecule has 16 heteroatoms. The van der Waals surface area contributed by atoms with Crippen LogP contribution >= 0.6 is 7.82 Å². The monoisotopic (exact) mass is 684 g/mol. The second-order valence-corrected chi connectivity index (χ2v) is 14.2. The predicted molar refractivity (Wildman–Crippen MR) is 169 cm³/mol. The van der Waals surface area contributed by atoms with Gasteiger partial charge in [-0.2, -0.15) is 0 Å². The number of phosphoric acid groups is 1. The number of phosphoric ester groups is 1. The van der Waals surface area contributed by atoms with Crippen LogP contribution < -0.4 is 0 Å². The van der Waals surface area contributed by atoms with Crippen LogP contribution in [0.15, 0.2) is 46.8 Å². The van der Waals surface area contributed by atoms with Crippen molar-refractivity contribution < 1.29 is 56.4 Å². The molecule has 2 rings (SSSR count). The van der Waals surface area contributed by atoms with Crippen molar-refractivity contribution in [1.82, 2.24) is 4.90 Å². The first kappa shape index (κ1) is 39.6. The highest BCUT2D eigenvalue weighted by Gasteiger charge is 2.44. The summed E-state index contributed by atoms with van der Waals surface area (Å²) in [5.74, 6) is -3.05. The van der Waals surface area contributed by atoms with Crippen molar-refractivity contribution in [3.05, 3.63) is 62.5 Å². The van der Waals surface area contributed by atoms with Crippen LogP contribution in [0.3, 0.4) is 0 Å². The Bertz CT molecular complexity index is 1430. The van der Waals surface area contributed by atoms with E-state index in [1.807, 2.05) is 0 Å². The number of benzene rings is 1. The van der Waals surface area contributed by atoms with E-state index in [4.69, 9.17) is 32.5 Å². The molecule has 0 aromatic heterocycles. The molecule has 0 aliphatic carbocycles. The smallest absolute Gasteiger partial charge is 0.460 e. The molecule has 1 amide bonds. The summed E-state index contributed by atoms with van der Waals surface area (Å²) in [5, 5.41) is 11.6. The molecule has 0 saturated carbocycles. The Hall–Kier alpha value is -3.62. The summed E-state index contributed by atoms with van der Waals surface area (Å²) in [7, 11) is -2.86. The van der Waals surface area contributed by atoms with Crippen molar-refractivity contribution in [2.75, 3.05) is 27.1 Å². The lowest BCUT2D eigenvalue weighted by Crippen LogP contribution is -2.39. The van der Waals surface area contributed by atoms with Crippen LogP contribution in [0.2, 0.25) is 0 Å². The number of carbonyl (C=O) groups is 3. The first-order valence-electron chi connectivity index (χ1n) is 14.8. The number of non-ortho nitro benzene ring substituents is 1. The average Bonchev–Trinajstić information content (AvgIpc) is 2.90. The molecule has 0 bridgehead atoms. The molecule has 1 atom stereocenters. The van der Waals surface area contributed by atoms with Crippen LogP contribution in [-0.2, 0) is 46.7 Å². The van der Waals surface area contributed by atoms with Gasteiger partial charge in [0.15, 0.2) is 0 Å². The maximum absolute atomic E-state index is 13.7. The average molecular weight is 685 g/mol. The van der Waals surface area contributed by atoms with E-state index < -0.39 is 60.8 Å². The zero-order valence-electron chi connectivity index (χ0n) is 28.7. The van der Waals surface area contributed by atoms with E-state index in [1.165, 1.54) is 45.2 Å². The normalized spacial score (nSPS) is 16.0. The van der Waals surface area contributed by atoms with E-state index in [1.54, 1.807) is 55.4 Å².